The molecule has 168 valence electrons. The second kappa shape index (κ2) is 9.13. The van der Waals surface area contributed by atoms with E-state index in [2.05, 4.69) is 10.3 Å². The Morgan fingerprint density at radius 1 is 1.28 bits per heavy atom. The van der Waals surface area contributed by atoms with Gasteiger partial charge >= 0.3 is 0 Å². The molecule has 2 aromatic carbocycles. The number of fused-ring (bicyclic) bond motifs is 2. The molecule has 8 nitrogen and oxygen atoms in total. The zero-order valence-electron chi connectivity index (χ0n) is 17.4. The Labute approximate surface area is 191 Å². The van der Waals surface area contributed by atoms with Gasteiger partial charge in [-0.2, -0.15) is 17.0 Å². The van der Waals surface area contributed by atoms with E-state index in [0.29, 0.717) is 21.8 Å². The number of benzene rings is 2. The van der Waals surface area contributed by atoms with Gasteiger partial charge in [0, 0.05) is 48.7 Å². The lowest BCUT2D eigenvalue weighted by atomic mass is 9.90. The van der Waals surface area contributed by atoms with E-state index in [9.17, 15) is 13.2 Å². The quantitative estimate of drug-likeness (QED) is 0.571. The Hall–Kier alpha value is -2.56. The minimum Gasteiger partial charge on any atom is -0.395 e. The van der Waals surface area contributed by atoms with Crippen molar-refractivity contribution >= 4 is 44.2 Å². The maximum absolute atomic E-state index is 13.4. The highest BCUT2D eigenvalue weighted by Gasteiger charge is 2.37. The molecule has 1 aliphatic rings. The second-order valence-corrected chi connectivity index (χ2v) is 10.1. The molecule has 0 spiro atoms. The Kier molecular flexibility index (Phi) is 6.45. The molecule has 0 fully saturated rings. The van der Waals surface area contributed by atoms with Crippen LogP contribution >= 0.6 is 11.6 Å². The second-order valence-electron chi connectivity index (χ2n) is 7.64. The smallest absolute Gasteiger partial charge is 0.282 e. The number of aliphatic hydroxyl groups excluding tert-OH is 1. The third-order valence-corrected chi connectivity index (χ3v) is 7.73. The minimum atomic E-state index is -3.87. The lowest BCUT2D eigenvalue weighted by Gasteiger charge is -2.35. The van der Waals surface area contributed by atoms with Gasteiger partial charge < -0.3 is 10.4 Å². The van der Waals surface area contributed by atoms with Crippen molar-refractivity contribution in [2.45, 2.75) is 12.5 Å². The number of nitrogens with one attached hydrogen (secondary N) is 1. The van der Waals surface area contributed by atoms with E-state index in [1.54, 1.807) is 30.6 Å². The number of pyridine rings is 1. The number of nitrogens with zero attached hydrogens (tertiary/aromatic N) is 3. The number of hydrogen-bond acceptors (Lipinski definition) is 5. The number of anilines is 1. The largest absolute Gasteiger partial charge is 0.395 e. The Balaban J connectivity index is 1.69. The summed E-state index contributed by atoms with van der Waals surface area (Å²) in [5, 5.41) is 14.3. The number of carbonyl (C=O) groups excluding carboxylic acids is 1. The van der Waals surface area contributed by atoms with Gasteiger partial charge in [-0.3, -0.25) is 9.78 Å². The van der Waals surface area contributed by atoms with Gasteiger partial charge in [-0.05, 0) is 23.3 Å². The third-order valence-electron chi connectivity index (χ3n) is 5.59. The van der Waals surface area contributed by atoms with Gasteiger partial charge in [-0.25, -0.2) is 0 Å². The van der Waals surface area contributed by atoms with E-state index in [0.717, 1.165) is 15.1 Å². The Morgan fingerprint density at radius 2 is 2.06 bits per heavy atom. The molecule has 10 heteroatoms. The van der Waals surface area contributed by atoms with Crippen molar-refractivity contribution in [1.29, 1.82) is 0 Å². The first-order chi connectivity index (χ1) is 15.3. The first-order valence-electron chi connectivity index (χ1n) is 10.1. The first kappa shape index (κ1) is 22.6. The summed E-state index contributed by atoms with van der Waals surface area (Å²) in [5.41, 5.74) is 1.95. The monoisotopic (exact) mass is 474 g/mol. The van der Waals surface area contributed by atoms with Gasteiger partial charge in [-0.1, -0.05) is 41.9 Å². The highest BCUT2D eigenvalue weighted by Crippen LogP contribution is 2.34. The summed E-state index contributed by atoms with van der Waals surface area (Å²) in [6.45, 7) is -0.266. The molecule has 0 saturated heterocycles. The Morgan fingerprint density at radius 3 is 2.84 bits per heavy atom. The molecule has 1 unspecified atom stereocenters. The number of likely N-dealkylation sites (N-methyl/N-ethyl adjacent to an activating group) is 1. The zero-order valence-corrected chi connectivity index (χ0v) is 19.0. The van der Waals surface area contributed by atoms with Crippen LogP contribution in [0.2, 0.25) is 5.02 Å². The number of aliphatic hydroxyl groups is 1. The van der Waals surface area contributed by atoms with Crippen LogP contribution in [0.1, 0.15) is 17.0 Å². The van der Waals surface area contributed by atoms with Gasteiger partial charge in [-0.15, -0.1) is 0 Å². The predicted octanol–water partition coefficient (Wildman–Crippen LogP) is 2.60. The molecule has 1 amide bonds. The molecule has 0 aliphatic carbocycles. The molecule has 32 heavy (non-hydrogen) atoms. The molecule has 0 saturated carbocycles. The fourth-order valence-corrected chi connectivity index (χ4v) is 5.41. The molecular weight excluding hydrogens is 452 g/mol. The maximum Gasteiger partial charge on any atom is 0.282 e. The molecule has 1 atom stereocenters. The van der Waals surface area contributed by atoms with Gasteiger partial charge in [0.25, 0.3) is 10.2 Å². The predicted molar refractivity (Wildman–Crippen MR) is 124 cm³/mol. The number of rotatable bonds is 6. The minimum absolute atomic E-state index is 0.0369. The van der Waals surface area contributed by atoms with Crippen molar-refractivity contribution in [3.63, 3.8) is 0 Å². The maximum atomic E-state index is 13.4. The van der Waals surface area contributed by atoms with Gasteiger partial charge in [0.2, 0.25) is 5.91 Å². The van der Waals surface area contributed by atoms with Crippen LogP contribution in [0.25, 0.3) is 10.8 Å². The van der Waals surface area contributed by atoms with Crippen LogP contribution in [-0.4, -0.2) is 59.8 Å². The van der Waals surface area contributed by atoms with E-state index in [1.807, 2.05) is 24.3 Å². The summed E-state index contributed by atoms with van der Waals surface area (Å²) >= 11 is 6.19. The van der Waals surface area contributed by atoms with Crippen molar-refractivity contribution in [3.8, 4) is 0 Å². The van der Waals surface area contributed by atoms with E-state index in [-0.39, 0.29) is 32.1 Å². The molecule has 2 N–H and O–H groups in total. The van der Waals surface area contributed by atoms with Crippen LogP contribution in [0.4, 0.5) is 5.69 Å². The molecule has 1 aromatic heterocycles. The van der Waals surface area contributed by atoms with Crippen LogP contribution in [0.15, 0.2) is 54.9 Å². The average Bonchev–Trinajstić information content (AvgIpc) is 2.78. The molecule has 0 bridgehead atoms. The fourth-order valence-electron chi connectivity index (χ4n) is 3.88. The summed E-state index contributed by atoms with van der Waals surface area (Å²) in [4.78, 5) is 17.6. The van der Waals surface area contributed by atoms with E-state index in [1.165, 1.54) is 11.4 Å². The normalized spacial score (nSPS) is 16.8. The highest BCUT2D eigenvalue weighted by atomic mass is 35.5. The third kappa shape index (κ3) is 4.35. The van der Waals surface area contributed by atoms with E-state index in [4.69, 9.17) is 16.7 Å². The SMILES string of the molecule is CN(CCO)S(=O)(=O)N1Cc2ccc(Cl)cc2C(C(=O)Nc2cncc3ccccc23)C1. The molecule has 2 heterocycles. The molecule has 0 radical (unpaired) electrons. The Bertz CT molecular complexity index is 1260. The van der Waals surface area contributed by atoms with Gasteiger partial charge in [0.05, 0.1) is 24.4 Å². The fraction of sp³-hybridized carbons (Fsp3) is 0.273. The first-order valence-corrected chi connectivity index (χ1v) is 11.8. The van der Waals surface area contributed by atoms with Crippen LogP contribution in [-0.2, 0) is 21.5 Å². The molecule has 1 aliphatic heterocycles. The average molecular weight is 475 g/mol. The number of hydrogen-bond donors (Lipinski definition) is 2. The lowest BCUT2D eigenvalue weighted by Crippen LogP contribution is -2.48. The summed E-state index contributed by atoms with van der Waals surface area (Å²) < 4.78 is 28.4. The number of aromatic nitrogens is 1. The van der Waals surface area contributed by atoms with Crippen molar-refractivity contribution in [2.24, 2.45) is 0 Å². The number of halogens is 1. The van der Waals surface area contributed by atoms with Crippen molar-refractivity contribution in [2.75, 3.05) is 32.1 Å². The topological polar surface area (TPSA) is 103 Å². The van der Waals surface area contributed by atoms with E-state index >= 15 is 0 Å². The molecule has 3 aromatic rings. The van der Waals surface area contributed by atoms with E-state index < -0.39 is 16.1 Å². The summed E-state index contributed by atoms with van der Waals surface area (Å²) in [7, 11) is -2.47. The lowest BCUT2D eigenvalue weighted by molar-refractivity contribution is -0.118. The molecule has 4 rings (SSSR count). The van der Waals surface area contributed by atoms with Crippen LogP contribution < -0.4 is 5.32 Å². The molecular formula is C22H23ClN4O4S. The number of carbonyl (C=O) groups is 1. The zero-order chi connectivity index (χ0) is 22.9. The standard InChI is InChI=1S/C22H23ClN4O4S/c1-26(8-9-28)32(30,31)27-13-16-6-7-17(23)10-19(16)20(14-27)22(29)25-21-12-24-11-15-4-2-3-5-18(15)21/h2-7,10-12,20,28H,8-9,13-14H2,1H3,(H,25,29). The number of amides is 1. The summed E-state index contributed by atoms with van der Waals surface area (Å²) in [5.74, 6) is -1.12. The van der Waals surface area contributed by atoms with Crippen molar-refractivity contribution in [1.82, 2.24) is 13.6 Å². The van der Waals surface area contributed by atoms with Crippen LogP contribution in [0.5, 0.6) is 0 Å². The summed E-state index contributed by atoms with van der Waals surface area (Å²) in [6.07, 6.45) is 3.29. The van der Waals surface area contributed by atoms with Crippen molar-refractivity contribution < 1.29 is 18.3 Å². The van der Waals surface area contributed by atoms with Gasteiger partial charge in [0.15, 0.2) is 0 Å². The van der Waals surface area contributed by atoms with Crippen molar-refractivity contribution in [3.05, 3.63) is 71.0 Å². The van der Waals surface area contributed by atoms with Crippen LogP contribution in [0.3, 0.4) is 0 Å². The highest BCUT2D eigenvalue weighted by molar-refractivity contribution is 7.86. The van der Waals surface area contributed by atoms with Gasteiger partial charge in [0.1, 0.15) is 0 Å². The van der Waals surface area contributed by atoms with Crippen LogP contribution in [0, 0.1) is 0 Å². The summed E-state index contributed by atoms with van der Waals surface area (Å²) in [6, 6.07) is 12.7.